The zero-order chi connectivity index (χ0) is 22.7. The van der Waals surface area contributed by atoms with Gasteiger partial charge >= 0.3 is 6.18 Å². The molecule has 1 aromatic carbocycles. The molecule has 5 rings (SSSR count). The average molecular weight is 469 g/mol. The molecule has 1 unspecified atom stereocenters. The molecule has 3 aromatic rings. The minimum absolute atomic E-state index is 0.0982. The van der Waals surface area contributed by atoms with E-state index in [2.05, 4.69) is 25.8 Å². The van der Waals surface area contributed by atoms with Gasteiger partial charge in [-0.1, -0.05) is 11.3 Å². The summed E-state index contributed by atoms with van der Waals surface area (Å²) < 4.78 is 68.1. The molecule has 1 atom stereocenters. The Balaban J connectivity index is 1.44. The molecular weight excluding hydrogens is 449 g/mol. The van der Waals surface area contributed by atoms with Gasteiger partial charge in [-0.3, -0.25) is 0 Å². The van der Waals surface area contributed by atoms with Crippen LogP contribution in [0.2, 0.25) is 0 Å². The number of halogens is 5. The molecule has 11 heteroatoms. The molecule has 2 N–H and O–H groups in total. The largest absolute Gasteiger partial charge is 0.418 e. The third-order valence-corrected chi connectivity index (χ3v) is 6.74. The first kappa shape index (κ1) is 21.4. The first-order valence-corrected chi connectivity index (χ1v) is 11.1. The first-order valence-electron chi connectivity index (χ1n) is 10.3. The predicted molar refractivity (Wildman–Crippen MR) is 112 cm³/mol. The van der Waals surface area contributed by atoms with Crippen LogP contribution in [0.25, 0.3) is 21.6 Å². The predicted octanol–water partition coefficient (Wildman–Crippen LogP) is 5.37. The molecule has 1 saturated heterocycles. The van der Waals surface area contributed by atoms with E-state index < -0.39 is 23.7 Å². The van der Waals surface area contributed by atoms with Crippen LogP contribution in [0, 0.1) is 6.92 Å². The molecule has 0 spiro atoms. The quantitative estimate of drug-likeness (QED) is 0.492. The lowest BCUT2D eigenvalue weighted by molar-refractivity contribution is -0.136. The number of hydrogen-bond donors (Lipinski definition) is 2. The minimum atomic E-state index is -4.52. The second-order valence-electron chi connectivity index (χ2n) is 8.49. The lowest BCUT2D eigenvalue weighted by atomic mass is 9.98. The lowest BCUT2D eigenvalue weighted by Crippen LogP contribution is -2.29. The third kappa shape index (κ3) is 4.27. The smallest absolute Gasteiger partial charge is 0.359 e. The lowest BCUT2D eigenvalue weighted by Gasteiger charge is -2.14. The van der Waals surface area contributed by atoms with Crippen molar-refractivity contribution < 1.29 is 22.0 Å². The molecule has 1 aliphatic carbocycles. The van der Waals surface area contributed by atoms with E-state index in [1.807, 2.05) is 6.07 Å². The SMILES string of the molecule is Cc1cc(-c2nnc(NCC3CC(F)(F)CN3)s2)nc2c(C(F)(F)F)cc(C3CC3)cc12. The Hall–Kier alpha value is -2.40. The maximum absolute atomic E-state index is 13.8. The molecule has 0 amide bonds. The monoisotopic (exact) mass is 469 g/mol. The number of pyridine rings is 1. The van der Waals surface area contributed by atoms with Crippen molar-refractivity contribution in [2.75, 3.05) is 18.4 Å². The average Bonchev–Trinajstić information content (AvgIpc) is 3.35. The highest BCUT2D eigenvalue weighted by molar-refractivity contribution is 7.18. The van der Waals surface area contributed by atoms with E-state index in [9.17, 15) is 22.0 Å². The molecule has 2 aromatic heterocycles. The molecule has 170 valence electrons. The number of aryl methyl sites for hydroxylation is 1. The first-order chi connectivity index (χ1) is 15.1. The Morgan fingerprint density at radius 1 is 1.19 bits per heavy atom. The van der Waals surface area contributed by atoms with Gasteiger partial charge in [-0.15, -0.1) is 10.2 Å². The van der Waals surface area contributed by atoms with E-state index in [0.717, 1.165) is 24.2 Å². The van der Waals surface area contributed by atoms with E-state index in [1.54, 1.807) is 13.0 Å². The maximum Gasteiger partial charge on any atom is 0.418 e. The normalized spacial score (nSPS) is 20.8. The summed E-state index contributed by atoms with van der Waals surface area (Å²) in [6.07, 6.45) is -2.98. The van der Waals surface area contributed by atoms with Gasteiger partial charge in [0.1, 0.15) is 5.69 Å². The van der Waals surface area contributed by atoms with Crippen molar-refractivity contribution in [3.63, 3.8) is 0 Å². The van der Waals surface area contributed by atoms with Crippen LogP contribution in [0.1, 0.15) is 41.9 Å². The van der Waals surface area contributed by atoms with Gasteiger partial charge in [-0.2, -0.15) is 13.2 Å². The van der Waals surface area contributed by atoms with Crippen molar-refractivity contribution in [3.05, 3.63) is 34.9 Å². The van der Waals surface area contributed by atoms with Crippen molar-refractivity contribution >= 4 is 27.4 Å². The molecule has 0 bridgehead atoms. The number of aromatic nitrogens is 3. The molecule has 5 nitrogen and oxygen atoms in total. The van der Waals surface area contributed by atoms with Crippen molar-refractivity contribution in [2.24, 2.45) is 0 Å². The van der Waals surface area contributed by atoms with Crippen LogP contribution >= 0.6 is 11.3 Å². The van der Waals surface area contributed by atoms with Gasteiger partial charge in [-0.25, -0.2) is 13.8 Å². The zero-order valence-corrected chi connectivity index (χ0v) is 17.9. The molecule has 3 heterocycles. The summed E-state index contributed by atoms with van der Waals surface area (Å²) in [6.45, 7) is 1.65. The molecule has 1 saturated carbocycles. The Bertz CT molecular complexity index is 1170. The van der Waals surface area contributed by atoms with Crippen molar-refractivity contribution in [1.82, 2.24) is 20.5 Å². The molecule has 1 aliphatic heterocycles. The van der Waals surface area contributed by atoms with Gasteiger partial charge in [0, 0.05) is 24.4 Å². The van der Waals surface area contributed by atoms with E-state index in [-0.39, 0.29) is 30.9 Å². The highest BCUT2D eigenvalue weighted by Gasteiger charge is 2.39. The summed E-state index contributed by atoms with van der Waals surface area (Å²) in [5.74, 6) is -2.54. The molecule has 32 heavy (non-hydrogen) atoms. The summed E-state index contributed by atoms with van der Waals surface area (Å²) in [5, 5.41) is 15.0. The van der Waals surface area contributed by atoms with E-state index >= 15 is 0 Å². The highest BCUT2D eigenvalue weighted by Crippen LogP contribution is 2.45. The highest BCUT2D eigenvalue weighted by atomic mass is 32.1. The summed E-state index contributed by atoms with van der Waals surface area (Å²) in [6, 6.07) is 4.34. The Kier molecular flexibility index (Phi) is 5.08. The number of anilines is 1. The topological polar surface area (TPSA) is 62.7 Å². The number of nitrogens with one attached hydrogen (secondary N) is 2. The number of rotatable bonds is 5. The third-order valence-electron chi connectivity index (χ3n) is 5.83. The van der Waals surface area contributed by atoms with Crippen LogP contribution in [-0.4, -0.2) is 40.2 Å². The van der Waals surface area contributed by atoms with Gasteiger partial charge < -0.3 is 10.6 Å². The van der Waals surface area contributed by atoms with Crippen LogP contribution in [0.4, 0.5) is 27.1 Å². The van der Waals surface area contributed by atoms with Gasteiger partial charge in [-0.05, 0) is 55.0 Å². The Morgan fingerprint density at radius 2 is 1.97 bits per heavy atom. The van der Waals surface area contributed by atoms with E-state index in [4.69, 9.17) is 0 Å². The fourth-order valence-corrected chi connectivity index (χ4v) is 4.75. The van der Waals surface area contributed by atoms with Crippen LogP contribution in [0.3, 0.4) is 0 Å². The van der Waals surface area contributed by atoms with Crippen molar-refractivity contribution in [2.45, 2.75) is 50.2 Å². The molecular formula is C21H20F5N5S. The fraction of sp³-hybridized carbons (Fsp3) is 0.476. The molecule has 0 radical (unpaired) electrons. The van der Waals surface area contributed by atoms with Crippen LogP contribution in [0.15, 0.2) is 18.2 Å². The van der Waals surface area contributed by atoms with Crippen LogP contribution in [0.5, 0.6) is 0 Å². The van der Waals surface area contributed by atoms with Crippen LogP contribution < -0.4 is 10.6 Å². The van der Waals surface area contributed by atoms with Gasteiger partial charge in [0.2, 0.25) is 5.13 Å². The standard InChI is InChI=1S/C21H20F5N5S/c1-10-4-16(18-30-31-19(32-18)27-8-13-7-20(22,23)9-28-13)29-17-14(10)5-12(11-2-3-11)6-15(17)21(24,25)26/h4-6,11,13,28H,2-3,7-9H2,1H3,(H,27,31). The maximum atomic E-state index is 13.8. The number of hydrogen-bond acceptors (Lipinski definition) is 6. The number of alkyl halides is 5. The summed E-state index contributed by atoms with van der Waals surface area (Å²) in [5.41, 5.74) is 0.851. The summed E-state index contributed by atoms with van der Waals surface area (Å²) in [7, 11) is 0. The van der Waals surface area contributed by atoms with Crippen LogP contribution in [-0.2, 0) is 6.18 Å². The van der Waals surface area contributed by atoms with Gasteiger partial charge in [0.05, 0.1) is 17.6 Å². The van der Waals surface area contributed by atoms with Crippen molar-refractivity contribution in [1.29, 1.82) is 0 Å². The number of nitrogens with zero attached hydrogens (tertiary/aromatic N) is 3. The van der Waals surface area contributed by atoms with Gasteiger partial charge in [0.15, 0.2) is 5.01 Å². The van der Waals surface area contributed by atoms with E-state index in [1.165, 1.54) is 6.07 Å². The second kappa shape index (κ2) is 7.58. The minimum Gasteiger partial charge on any atom is -0.359 e. The molecule has 2 fully saturated rings. The Morgan fingerprint density at radius 3 is 2.62 bits per heavy atom. The van der Waals surface area contributed by atoms with Crippen molar-refractivity contribution in [3.8, 4) is 10.7 Å². The van der Waals surface area contributed by atoms with Gasteiger partial charge in [0.25, 0.3) is 5.92 Å². The number of fused-ring (bicyclic) bond motifs is 1. The van der Waals surface area contributed by atoms with E-state index in [0.29, 0.717) is 32.3 Å². The number of benzene rings is 1. The Labute approximate surface area is 184 Å². The fourth-order valence-electron chi connectivity index (χ4n) is 4.04. The second-order valence-corrected chi connectivity index (χ2v) is 9.47. The summed E-state index contributed by atoms with van der Waals surface area (Å²) >= 11 is 1.13. The summed E-state index contributed by atoms with van der Waals surface area (Å²) in [4.78, 5) is 4.31. The molecule has 2 aliphatic rings. The zero-order valence-electron chi connectivity index (χ0n) is 17.1.